The molecule has 53 heavy (non-hydrogen) atoms. The van der Waals surface area contributed by atoms with Crippen LogP contribution in [0.2, 0.25) is 0 Å². The Kier molecular flexibility index (Phi) is 10.5. The molecule has 0 saturated carbocycles. The number of aryl methyl sites for hydroxylation is 3. The Balaban J connectivity index is 1.41. The average molecular weight is 741 g/mol. The lowest BCUT2D eigenvalue weighted by Crippen LogP contribution is -2.38. The Bertz CT molecular complexity index is 2270. The summed E-state index contributed by atoms with van der Waals surface area (Å²) in [4.78, 5) is 33.8. The molecule has 1 aliphatic heterocycles. The maximum atomic E-state index is 14.3. The van der Waals surface area contributed by atoms with E-state index in [1.165, 1.54) is 16.7 Å². The second-order valence-electron chi connectivity index (χ2n) is 13.8. The largest absolute Gasteiger partial charge is 0.488 e. The zero-order chi connectivity index (χ0) is 38.1. The molecule has 0 aliphatic carbocycles. The van der Waals surface area contributed by atoms with Crippen LogP contribution >= 0.6 is 0 Å². The minimum absolute atomic E-state index is 0.0747. The highest BCUT2D eigenvalue weighted by Gasteiger charge is 2.41. The summed E-state index contributed by atoms with van der Waals surface area (Å²) in [6, 6.07) is 16.7. The van der Waals surface area contributed by atoms with Gasteiger partial charge in [0, 0.05) is 19.0 Å². The van der Waals surface area contributed by atoms with Crippen molar-refractivity contribution in [1.82, 2.24) is 34.6 Å². The number of aromatic nitrogens is 5. The number of carbonyl (C=O) groups is 2. The third-order valence-corrected chi connectivity index (χ3v) is 11.8. The van der Waals surface area contributed by atoms with Crippen molar-refractivity contribution in [3.8, 4) is 5.75 Å². The van der Waals surface area contributed by atoms with Crippen LogP contribution in [0.15, 0.2) is 71.9 Å². The Labute approximate surface area is 308 Å². The first-order valence-corrected chi connectivity index (χ1v) is 19.0. The van der Waals surface area contributed by atoms with E-state index in [2.05, 4.69) is 30.9 Å². The number of nitrogens with zero attached hydrogens (tertiary/aromatic N) is 6. The number of para-hydroxylation sites is 1. The van der Waals surface area contributed by atoms with Crippen LogP contribution in [0, 0.1) is 19.3 Å². The number of anilines is 1. The van der Waals surface area contributed by atoms with Gasteiger partial charge >= 0.3 is 6.09 Å². The van der Waals surface area contributed by atoms with Gasteiger partial charge in [-0.25, -0.2) is 27.9 Å². The molecular weight excluding hydrogens is 697 g/mol. The number of nitrogens with one attached hydrogen (secondary N) is 2. The number of amides is 2. The first kappa shape index (κ1) is 37.4. The van der Waals surface area contributed by atoms with Gasteiger partial charge in [0.25, 0.3) is 0 Å². The van der Waals surface area contributed by atoms with E-state index < -0.39 is 27.4 Å². The van der Waals surface area contributed by atoms with Crippen LogP contribution in [0.3, 0.4) is 0 Å². The smallest absolute Gasteiger partial charge is 0.405 e. The molecule has 5 aromatic rings. The van der Waals surface area contributed by atoms with Crippen LogP contribution < -0.4 is 15.4 Å². The second-order valence-corrected chi connectivity index (χ2v) is 15.7. The van der Waals surface area contributed by atoms with Crippen LogP contribution in [0.4, 0.5) is 10.5 Å². The van der Waals surface area contributed by atoms with E-state index in [-0.39, 0.29) is 42.4 Å². The van der Waals surface area contributed by atoms with Gasteiger partial charge in [0.2, 0.25) is 15.9 Å². The van der Waals surface area contributed by atoms with E-state index in [9.17, 15) is 18.0 Å². The van der Waals surface area contributed by atoms with Crippen molar-refractivity contribution < 1.29 is 27.9 Å². The lowest BCUT2D eigenvalue weighted by atomic mass is 9.69. The highest BCUT2D eigenvalue weighted by atomic mass is 32.2. The molecule has 0 spiro atoms. The highest BCUT2D eigenvalue weighted by Crippen LogP contribution is 2.45. The molecule has 2 aromatic heterocycles. The summed E-state index contributed by atoms with van der Waals surface area (Å²) < 4.78 is 37.6. The van der Waals surface area contributed by atoms with Crippen LogP contribution in [-0.2, 0) is 34.5 Å². The summed E-state index contributed by atoms with van der Waals surface area (Å²) in [7, 11) is -3.90. The van der Waals surface area contributed by atoms with Gasteiger partial charge in [-0.05, 0) is 73.2 Å². The molecule has 3 N–H and O–H groups in total. The average Bonchev–Trinajstić information content (AvgIpc) is 3.52. The Hall–Kier alpha value is -5.41. The quantitative estimate of drug-likeness (QED) is 0.150. The number of carboxylic acid groups (broad SMARTS) is 1. The molecular formula is C38H44N8O6S. The summed E-state index contributed by atoms with van der Waals surface area (Å²) >= 11 is 0. The van der Waals surface area contributed by atoms with Crippen LogP contribution in [0.5, 0.6) is 5.75 Å². The van der Waals surface area contributed by atoms with Crippen LogP contribution in [-0.4, -0.2) is 67.4 Å². The third kappa shape index (κ3) is 7.44. The molecule has 0 fully saturated rings. The minimum atomic E-state index is -3.90. The fraction of sp³-hybridized carbons (Fsp3) is 0.368. The second kappa shape index (κ2) is 14.9. The number of rotatable bonds is 11. The minimum Gasteiger partial charge on any atom is -0.488 e. The molecule has 0 bridgehead atoms. The zero-order valence-electron chi connectivity index (χ0n) is 30.6. The summed E-state index contributed by atoms with van der Waals surface area (Å²) in [6.07, 6.45) is 1.98. The van der Waals surface area contributed by atoms with Crippen molar-refractivity contribution in [2.45, 2.75) is 84.5 Å². The van der Waals surface area contributed by atoms with Crippen molar-refractivity contribution in [3.63, 3.8) is 0 Å². The predicted octanol–water partition coefficient (Wildman–Crippen LogP) is 5.78. The molecule has 2 atom stereocenters. The van der Waals surface area contributed by atoms with Gasteiger partial charge < -0.3 is 20.5 Å². The molecule has 3 aromatic carbocycles. The predicted molar refractivity (Wildman–Crippen MR) is 199 cm³/mol. The van der Waals surface area contributed by atoms with Gasteiger partial charge in [0.15, 0.2) is 0 Å². The maximum absolute atomic E-state index is 14.3. The lowest BCUT2D eigenvalue weighted by molar-refractivity contribution is -0.124. The van der Waals surface area contributed by atoms with E-state index in [1.807, 2.05) is 76.6 Å². The third-order valence-electron chi connectivity index (χ3n) is 9.94. The number of hydrogen-bond acceptors (Lipinski definition) is 9. The van der Waals surface area contributed by atoms with E-state index in [0.29, 0.717) is 24.4 Å². The maximum Gasteiger partial charge on any atom is 0.405 e. The van der Waals surface area contributed by atoms with Crippen LogP contribution in [0.25, 0.3) is 11.0 Å². The Morgan fingerprint density at radius 2 is 1.79 bits per heavy atom. The number of sulfonamides is 1. The Morgan fingerprint density at radius 3 is 2.49 bits per heavy atom. The summed E-state index contributed by atoms with van der Waals surface area (Å²) in [5.41, 5.74) is 5.15. The van der Waals surface area contributed by atoms with E-state index >= 15 is 0 Å². The standard InChI is InChI=1S/C38H44N8O6S/c1-7-28-22-45(53(50,51)32-12-10-9-11-31(32)52-28)21-26-17-25(14-13-23(26)3)34(29-15-16-30-35(24(29)4)43-44-46(30)8-2)38(5,6)36(47)42-27-18-39-33(40-19-27)20-41-37(48)49/h9-19,28,34,41H,7-8,20-22H2,1-6H3,(H,42,47)(H,48,49)/t28-,34+/m1/s1. The first-order valence-electron chi connectivity index (χ1n) is 17.5. The normalized spacial score (nSPS) is 16.3. The molecule has 3 heterocycles. The number of carbonyl (C=O) groups excluding carboxylic acids is 1. The van der Waals surface area contributed by atoms with Gasteiger partial charge in [-0.15, -0.1) is 5.10 Å². The fourth-order valence-corrected chi connectivity index (χ4v) is 8.41. The molecule has 0 unspecified atom stereocenters. The molecule has 278 valence electrons. The molecule has 0 saturated heterocycles. The van der Waals surface area contributed by atoms with Crippen molar-refractivity contribution in [2.75, 3.05) is 11.9 Å². The molecule has 6 rings (SSSR count). The van der Waals surface area contributed by atoms with Crippen molar-refractivity contribution in [3.05, 3.63) is 101 Å². The molecule has 1 aliphatic rings. The summed E-state index contributed by atoms with van der Waals surface area (Å²) in [5.74, 6) is -0.226. The SMILES string of the molecule is CC[C@@H]1CN(Cc2cc([C@@H](c3ccc4c(nnn4CC)c3C)C(C)(C)C(=O)Nc3cnc(CNC(=O)O)nc3)ccc2C)S(=O)(=O)c2ccccc2O1. The van der Waals surface area contributed by atoms with Crippen molar-refractivity contribution >= 4 is 38.7 Å². The van der Waals surface area contributed by atoms with E-state index in [0.717, 1.165) is 38.9 Å². The monoisotopic (exact) mass is 740 g/mol. The first-order chi connectivity index (χ1) is 25.2. The molecule has 15 heteroatoms. The number of ether oxygens (including phenoxy) is 1. The topological polar surface area (TPSA) is 182 Å². The Morgan fingerprint density at radius 1 is 1.06 bits per heavy atom. The molecule has 2 amide bonds. The van der Waals surface area contributed by atoms with Gasteiger partial charge in [-0.1, -0.05) is 62.4 Å². The number of fused-ring (bicyclic) bond motifs is 2. The summed E-state index contributed by atoms with van der Waals surface area (Å²) in [5, 5.41) is 22.9. The van der Waals surface area contributed by atoms with Gasteiger partial charge in [-0.3, -0.25) is 4.79 Å². The number of benzene rings is 3. The van der Waals surface area contributed by atoms with Gasteiger partial charge in [0.1, 0.15) is 28.1 Å². The van der Waals surface area contributed by atoms with E-state index in [4.69, 9.17) is 9.84 Å². The molecule has 14 nitrogen and oxygen atoms in total. The molecule has 0 radical (unpaired) electrons. The summed E-state index contributed by atoms with van der Waals surface area (Å²) in [6.45, 7) is 12.5. The van der Waals surface area contributed by atoms with Gasteiger partial charge in [0.05, 0.1) is 42.1 Å². The lowest BCUT2D eigenvalue weighted by Gasteiger charge is -2.35. The van der Waals surface area contributed by atoms with Crippen molar-refractivity contribution in [1.29, 1.82) is 0 Å². The van der Waals surface area contributed by atoms with Crippen molar-refractivity contribution in [2.24, 2.45) is 5.41 Å². The number of hydrogen-bond donors (Lipinski definition) is 3. The fourth-order valence-electron chi connectivity index (χ4n) is 6.84. The van der Waals surface area contributed by atoms with Gasteiger partial charge in [-0.2, -0.15) is 4.31 Å². The highest BCUT2D eigenvalue weighted by molar-refractivity contribution is 7.89. The zero-order valence-corrected chi connectivity index (χ0v) is 31.4. The van der Waals surface area contributed by atoms with E-state index in [1.54, 1.807) is 24.3 Å². The van der Waals surface area contributed by atoms with Crippen LogP contribution in [0.1, 0.15) is 73.7 Å².